The number of nitrogens with zero attached hydrogens (tertiary/aromatic N) is 2. The second kappa shape index (κ2) is 9.72. The van der Waals surface area contributed by atoms with Crippen LogP contribution in [0.2, 0.25) is 0 Å². The van der Waals surface area contributed by atoms with Gasteiger partial charge in [0, 0.05) is 18.8 Å². The molecule has 6 nitrogen and oxygen atoms in total. The number of allylic oxidation sites excluding steroid dienone is 1. The van der Waals surface area contributed by atoms with Gasteiger partial charge in [0.15, 0.2) is 0 Å². The summed E-state index contributed by atoms with van der Waals surface area (Å²) in [5.74, 6) is -0.0316. The quantitative estimate of drug-likeness (QED) is 0.366. The van der Waals surface area contributed by atoms with Crippen LogP contribution in [-0.4, -0.2) is 52.4 Å². The Morgan fingerprint density at radius 2 is 2.10 bits per heavy atom. The van der Waals surface area contributed by atoms with Gasteiger partial charge >= 0.3 is 0 Å². The van der Waals surface area contributed by atoms with E-state index >= 15 is 0 Å². The van der Waals surface area contributed by atoms with Crippen LogP contribution in [-0.2, 0) is 4.79 Å². The molecular weight excluding hydrogens is 364 g/mol. The molecule has 1 saturated carbocycles. The molecule has 0 aromatic heterocycles. The number of aliphatic hydroxyl groups is 1. The molecule has 2 fully saturated rings. The predicted octanol–water partition coefficient (Wildman–Crippen LogP) is 3.04. The Bertz CT molecular complexity index is 687. The van der Waals surface area contributed by atoms with Crippen LogP contribution in [0.3, 0.4) is 0 Å². The Kier molecular flexibility index (Phi) is 7.83. The summed E-state index contributed by atoms with van der Waals surface area (Å²) in [7, 11) is 0. The fraction of sp³-hybridized carbons (Fsp3) is 0.652. The Morgan fingerprint density at radius 1 is 1.41 bits per heavy atom. The third-order valence-electron chi connectivity index (χ3n) is 6.11. The van der Waals surface area contributed by atoms with E-state index < -0.39 is 11.1 Å². The second-order valence-corrected chi connectivity index (χ2v) is 8.52. The fourth-order valence-electron chi connectivity index (χ4n) is 3.84. The lowest BCUT2D eigenvalue weighted by Crippen LogP contribution is -2.55. The predicted molar refractivity (Wildman–Crippen MR) is 120 cm³/mol. The van der Waals surface area contributed by atoms with Crippen molar-refractivity contribution < 1.29 is 9.90 Å². The van der Waals surface area contributed by atoms with Crippen molar-refractivity contribution in [3.63, 3.8) is 0 Å². The van der Waals surface area contributed by atoms with Gasteiger partial charge in [-0.15, -0.1) is 0 Å². The highest BCUT2D eigenvalue weighted by atomic mass is 16.3. The van der Waals surface area contributed by atoms with Gasteiger partial charge in [-0.2, -0.15) is 0 Å². The number of aliphatic imine (C=N–C) groups is 1. The monoisotopic (exact) mass is 402 g/mol. The van der Waals surface area contributed by atoms with E-state index in [1.165, 1.54) is 12.0 Å². The highest BCUT2D eigenvalue weighted by Crippen LogP contribution is 2.39. The topological polar surface area (TPSA) is 91.0 Å². The lowest BCUT2D eigenvalue weighted by molar-refractivity contribution is -0.146. The van der Waals surface area contributed by atoms with Crippen molar-refractivity contribution in [3.05, 3.63) is 36.2 Å². The third-order valence-corrected chi connectivity index (χ3v) is 6.11. The highest BCUT2D eigenvalue weighted by Gasteiger charge is 2.52. The van der Waals surface area contributed by atoms with Gasteiger partial charge in [-0.1, -0.05) is 33.1 Å². The molecule has 6 heteroatoms. The molecule has 1 saturated heterocycles. The van der Waals surface area contributed by atoms with Crippen LogP contribution < -0.4 is 11.1 Å². The zero-order valence-corrected chi connectivity index (χ0v) is 18.3. The first-order chi connectivity index (χ1) is 13.7. The summed E-state index contributed by atoms with van der Waals surface area (Å²) in [5, 5.41) is 14.1. The Labute approximate surface area is 175 Å². The molecule has 0 bridgehead atoms. The number of rotatable bonds is 11. The first-order valence-electron chi connectivity index (χ1n) is 10.8. The Morgan fingerprint density at radius 3 is 2.59 bits per heavy atom. The van der Waals surface area contributed by atoms with Crippen molar-refractivity contribution >= 4 is 12.1 Å². The van der Waals surface area contributed by atoms with Crippen LogP contribution in [0.25, 0.3) is 0 Å². The van der Waals surface area contributed by atoms with Crippen LogP contribution in [0.5, 0.6) is 0 Å². The van der Waals surface area contributed by atoms with Gasteiger partial charge in [0.05, 0.1) is 5.54 Å². The van der Waals surface area contributed by atoms with Gasteiger partial charge in [0.25, 0.3) is 5.91 Å². The first kappa shape index (κ1) is 23.4. The van der Waals surface area contributed by atoms with E-state index in [1.807, 2.05) is 13.8 Å². The van der Waals surface area contributed by atoms with Crippen LogP contribution in [0.4, 0.5) is 0 Å². The molecule has 0 aromatic rings. The zero-order valence-electron chi connectivity index (χ0n) is 18.3. The molecular formula is C23H38N4O2. The molecule has 29 heavy (non-hydrogen) atoms. The number of nitrogens with two attached hydrogens (primary N) is 1. The van der Waals surface area contributed by atoms with E-state index in [-0.39, 0.29) is 11.7 Å². The summed E-state index contributed by atoms with van der Waals surface area (Å²) in [6.07, 6.45) is 9.49. The van der Waals surface area contributed by atoms with Crippen molar-refractivity contribution in [1.82, 2.24) is 10.2 Å². The van der Waals surface area contributed by atoms with Gasteiger partial charge in [0.1, 0.15) is 11.4 Å². The largest absolute Gasteiger partial charge is 0.384 e. The maximum absolute atomic E-state index is 13.1. The van der Waals surface area contributed by atoms with Crippen molar-refractivity contribution in [3.8, 4) is 0 Å². The maximum Gasteiger partial charge on any atom is 0.255 e. The smallest absolute Gasteiger partial charge is 0.255 e. The van der Waals surface area contributed by atoms with Gasteiger partial charge in [0.2, 0.25) is 0 Å². The summed E-state index contributed by atoms with van der Waals surface area (Å²) in [6, 6.07) is 0.346. The summed E-state index contributed by atoms with van der Waals surface area (Å²) in [6.45, 7) is 15.5. The molecule has 2 rings (SSSR count). The minimum absolute atomic E-state index is 0.201. The molecule has 0 radical (unpaired) electrons. The van der Waals surface area contributed by atoms with Crippen molar-refractivity contribution in [2.45, 2.75) is 82.9 Å². The summed E-state index contributed by atoms with van der Waals surface area (Å²) in [4.78, 5) is 19.1. The Hall–Kier alpha value is -1.92. The molecule has 1 amide bonds. The van der Waals surface area contributed by atoms with E-state index in [9.17, 15) is 9.90 Å². The van der Waals surface area contributed by atoms with Crippen molar-refractivity contribution in [2.75, 3.05) is 13.1 Å². The Balaban J connectivity index is 2.20. The molecule has 2 aliphatic rings. The first-order valence-corrected chi connectivity index (χ1v) is 10.8. The maximum atomic E-state index is 13.1. The number of nitrogens with one attached hydrogen (secondary N) is 1. The third kappa shape index (κ3) is 5.80. The number of hydrogen-bond acceptors (Lipinski definition) is 5. The average Bonchev–Trinajstić information content (AvgIpc) is 3.22. The molecule has 0 aromatic carbocycles. The lowest BCUT2D eigenvalue weighted by atomic mass is 9.92. The van der Waals surface area contributed by atoms with E-state index in [2.05, 4.69) is 36.5 Å². The summed E-state index contributed by atoms with van der Waals surface area (Å²) in [5.41, 5.74) is 6.03. The van der Waals surface area contributed by atoms with Gasteiger partial charge in [-0.3, -0.25) is 4.79 Å². The minimum atomic E-state index is -1.24. The minimum Gasteiger partial charge on any atom is -0.384 e. The molecule has 162 valence electrons. The van der Waals surface area contributed by atoms with Gasteiger partial charge in [-0.25, -0.2) is 4.99 Å². The summed E-state index contributed by atoms with van der Waals surface area (Å²) < 4.78 is 0. The number of carbonyl (C=O) groups excluding carboxylic acids is 1. The standard InChI is InChI=1S/C23H38N4O2/c1-6-9-19(20-10-8-14-25-20)17(3)11-15-27(21(28)23(29)12-13-23)22(5,7-2)16-26-18(4)24/h9,16,20,25,29H,3-4,6-8,10-15,24H2,1-2,5H3/b19-9+,26-16?/t20-,22?/m0/s1. The normalized spacial score (nSPS) is 23.0. The van der Waals surface area contributed by atoms with Crippen LogP contribution in [0.1, 0.15) is 65.7 Å². The molecule has 1 heterocycles. The van der Waals surface area contributed by atoms with Crippen LogP contribution in [0.15, 0.2) is 41.2 Å². The van der Waals surface area contributed by atoms with E-state index in [0.29, 0.717) is 38.3 Å². The van der Waals surface area contributed by atoms with Gasteiger partial charge < -0.3 is 21.1 Å². The molecule has 2 atom stereocenters. The number of carbonyl (C=O) groups is 1. The average molecular weight is 403 g/mol. The van der Waals surface area contributed by atoms with Crippen LogP contribution in [0, 0.1) is 0 Å². The van der Waals surface area contributed by atoms with Crippen molar-refractivity contribution in [1.29, 1.82) is 0 Å². The van der Waals surface area contributed by atoms with E-state index in [0.717, 1.165) is 25.0 Å². The van der Waals surface area contributed by atoms with E-state index in [4.69, 9.17) is 5.73 Å². The van der Waals surface area contributed by atoms with Crippen molar-refractivity contribution in [2.24, 2.45) is 10.7 Å². The van der Waals surface area contributed by atoms with E-state index in [1.54, 1.807) is 11.1 Å². The molecule has 4 N–H and O–H groups in total. The molecule has 1 aliphatic carbocycles. The number of amides is 1. The molecule has 1 unspecified atom stereocenters. The molecule has 1 aliphatic heterocycles. The zero-order chi connectivity index (χ0) is 21.7. The second-order valence-electron chi connectivity index (χ2n) is 8.52. The summed E-state index contributed by atoms with van der Waals surface area (Å²) >= 11 is 0. The highest BCUT2D eigenvalue weighted by molar-refractivity contribution is 5.91. The van der Waals surface area contributed by atoms with Crippen LogP contribution >= 0.6 is 0 Å². The van der Waals surface area contributed by atoms with Gasteiger partial charge in [-0.05, 0) is 69.6 Å². The molecule has 0 spiro atoms. The SMILES string of the molecule is C=C(N)N=CC(C)(CC)N(CCC(=C)/C(=C\CC)[C@@H]1CCCN1)C(=O)C1(O)CC1. The number of hydrogen-bond donors (Lipinski definition) is 3. The fourth-order valence-corrected chi connectivity index (χ4v) is 3.84. The lowest BCUT2D eigenvalue weighted by Gasteiger charge is -2.40.